The van der Waals surface area contributed by atoms with E-state index in [1.807, 2.05) is 6.07 Å². The van der Waals surface area contributed by atoms with Crippen LogP contribution in [0.1, 0.15) is 12.6 Å². The Balaban J connectivity index is 2.74. The second-order valence-corrected chi connectivity index (χ2v) is 3.81. The van der Waals surface area contributed by atoms with E-state index in [0.29, 0.717) is 0 Å². The zero-order valence-corrected chi connectivity index (χ0v) is 8.19. The maximum absolute atomic E-state index is 7.41. The minimum atomic E-state index is 0.144. The van der Waals surface area contributed by atoms with Crippen LogP contribution in [-0.2, 0) is 6.54 Å². The SMILES string of the molecule is CCn1c(C(=N)N)cc2sccc21. The van der Waals surface area contributed by atoms with Crippen molar-refractivity contribution in [3.05, 3.63) is 23.2 Å². The van der Waals surface area contributed by atoms with Gasteiger partial charge in [0.15, 0.2) is 0 Å². The van der Waals surface area contributed by atoms with E-state index in [0.717, 1.165) is 12.2 Å². The lowest BCUT2D eigenvalue weighted by Crippen LogP contribution is -2.16. The monoisotopic (exact) mass is 193 g/mol. The molecule has 0 bridgehead atoms. The summed E-state index contributed by atoms with van der Waals surface area (Å²) in [4.78, 5) is 0. The van der Waals surface area contributed by atoms with Gasteiger partial charge in [-0.1, -0.05) is 0 Å². The van der Waals surface area contributed by atoms with Gasteiger partial charge in [0.2, 0.25) is 0 Å². The lowest BCUT2D eigenvalue weighted by atomic mass is 10.4. The molecule has 0 amide bonds. The first-order chi connectivity index (χ1) is 6.24. The molecule has 0 radical (unpaired) electrons. The van der Waals surface area contributed by atoms with Crippen LogP contribution in [0.5, 0.6) is 0 Å². The Morgan fingerprint density at radius 2 is 2.46 bits per heavy atom. The number of aryl methyl sites for hydroxylation is 1. The van der Waals surface area contributed by atoms with Gasteiger partial charge in [0.25, 0.3) is 0 Å². The first-order valence-corrected chi connectivity index (χ1v) is 5.03. The van der Waals surface area contributed by atoms with Crippen molar-refractivity contribution >= 4 is 27.4 Å². The van der Waals surface area contributed by atoms with Crippen molar-refractivity contribution in [3.8, 4) is 0 Å². The Labute approximate surface area is 80.3 Å². The maximum Gasteiger partial charge on any atom is 0.139 e. The van der Waals surface area contributed by atoms with Crippen LogP contribution in [0.2, 0.25) is 0 Å². The summed E-state index contributed by atoms with van der Waals surface area (Å²) in [5, 5.41) is 9.47. The van der Waals surface area contributed by atoms with Crippen LogP contribution in [0, 0.1) is 5.41 Å². The first-order valence-electron chi connectivity index (χ1n) is 4.15. The average molecular weight is 193 g/mol. The smallest absolute Gasteiger partial charge is 0.139 e. The quantitative estimate of drug-likeness (QED) is 0.556. The molecule has 0 aliphatic carbocycles. The third kappa shape index (κ3) is 1.14. The largest absolute Gasteiger partial charge is 0.382 e. The molecule has 4 heteroatoms. The van der Waals surface area contributed by atoms with Crippen LogP contribution in [0.15, 0.2) is 17.5 Å². The molecular formula is C9H11N3S. The Kier molecular flexibility index (Phi) is 1.84. The molecule has 2 aromatic heterocycles. The zero-order chi connectivity index (χ0) is 9.42. The van der Waals surface area contributed by atoms with Gasteiger partial charge in [-0.3, -0.25) is 5.41 Å². The highest BCUT2D eigenvalue weighted by Gasteiger charge is 2.09. The van der Waals surface area contributed by atoms with E-state index in [-0.39, 0.29) is 5.84 Å². The zero-order valence-electron chi connectivity index (χ0n) is 7.37. The van der Waals surface area contributed by atoms with Gasteiger partial charge < -0.3 is 10.3 Å². The number of fused-ring (bicyclic) bond motifs is 1. The van der Waals surface area contributed by atoms with Gasteiger partial charge >= 0.3 is 0 Å². The van der Waals surface area contributed by atoms with Crippen LogP contribution in [-0.4, -0.2) is 10.4 Å². The highest BCUT2D eigenvalue weighted by Crippen LogP contribution is 2.24. The fourth-order valence-corrected chi connectivity index (χ4v) is 2.36. The lowest BCUT2D eigenvalue weighted by Gasteiger charge is -2.04. The van der Waals surface area contributed by atoms with Crippen molar-refractivity contribution in [2.24, 2.45) is 5.73 Å². The van der Waals surface area contributed by atoms with Gasteiger partial charge in [0.1, 0.15) is 5.84 Å². The number of thiophene rings is 1. The number of nitrogens with zero attached hydrogens (tertiary/aromatic N) is 1. The van der Waals surface area contributed by atoms with Crippen molar-refractivity contribution < 1.29 is 0 Å². The number of nitrogens with one attached hydrogen (secondary N) is 1. The molecule has 0 unspecified atom stereocenters. The molecule has 0 saturated heterocycles. The molecule has 13 heavy (non-hydrogen) atoms. The maximum atomic E-state index is 7.41. The number of aromatic nitrogens is 1. The van der Waals surface area contributed by atoms with E-state index in [4.69, 9.17) is 11.1 Å². The van der Waals surface area contributed by atoms with Crippen molar-refractivity contribution in [1.29, 1.82) is 5.41 Å². The molecule has 0 aliphatic heterocycles. The minimum absolute atomic E-state index is 0.144. The van der Waals surface area contributed by atoms with Gasteiger partial charge in [0.05, 0.1) is 15.9 Å². The molecule has 2 rings (SSSR count). The minimum Gasteiger partial charge on any atom is -0.382 e. The summed E-state index contributed by atoms with van der Waals surface area (Å²) < 4.78 is 3.26. The lowest BCUT2D eigenvalue weighted by molar-refractivity contribution is 0.788. The number of nitrogens with two attached hydrogens (primary N) is 1. The molecule has 2 heterocycles. The molecular weight excluding hydrogens is 182 g/mol. The average Bonchev–Trinajstić information content (AvgIpc) is 2.60. The van der Waals surface area contributed by atoms with Gasteiger partial charge in [-0.25, -0.2) is 0 Å². The van der Waals surface area contributed by atoms with Crippen molar-refractivity contribution in [2.45, 2.75) is 13.5 Å². The van der Waals surface area contributed by atoms with Crippen LogP contribution in [0.4, 0.5) is 0 Å². The molecule has 0 aromatic carbocycles. The van der Waals surface area contributed by atoms with E-state index in [2.05, 4.69) is 22.9 Å². The Hall–Kier alpha value is -1.29. The molecule has 3 N–H and O–H groups in total. The summed E-state index contributed by atoms with van der Waals surface area (Å²) in [5.74, 6) is 0.144. The molecule has 2 aromatic rings. The molecule has 0 atom stereocenters. The standard InChI is InChI=1S/C9H11N3S/c1-2-12-6-3-4-13-8(6)5-7(12)9(10)11/h3-5H,2H2,1H3,(H3,10,11). The summed E-state index contributed by atoms with van der Waals surface area (Å²) in [6, 6.07) is 4.04. The van der Waals surface area contributed by atoms with E-state index < -0.39 is 0 Å². The van der Waals surface area contributed by atoms with E-state index in [9.17, 15) is 0 Å². The Morgan fingerprint density at radius 3 is 3.08 bits per heavy atom. The highest BCUT2D eigenvalue weighted by molar-refractivity contribution is 7.17. The number of hydrogen-bond donors (Lipinski definition) is 2. The van der Waals surface area contributed by atoms with Crippen molar-refractivity contribution in [1.82, 2.24) is 4.57 Å². The summed E-state index contributed by atoms with van der Waals surface area (Å²) in [7, 11) is 0. The number of rotatable bonds is 2. The molecule has 0 aliphatic rings. The van der Waals surface area contributed by atoms with Crippen LogP contribution >= 0.6 is 11.3 Å². The topological polar surface area (TPSA) is 54.8 Å². The molecule has 3 nitrogen and oxygen atoms in total. The third-order valence-electron chi connectivity index (χ3n) is 2.11. The normalized spacial score (nSPS) is 10.8. The Bertz CT molecular complexity index is 452. The first kappa shape index (κ1) is 8.31. The van der Waals surface area contributed by atoms with Gasteiger partial charge in [-0.05, 0) is 24.4 Å². The van der Waals surface area contributed by atoms with Crippen LogP contribution in [0.3, 0.4) is 0 Å². The molecule has 0 fully saturated rings. The number of nitrogen functional groups attached to an aromatic ring is 1. The van der Waals surface area contributed by atoms with E-state index >= 15 is 0 Å². The van der Waals surface area contributed by atoms with Gasteiger partial charge in [-0.15, -0.1) is 11.3 Å². The number of amidine groups is 1. The van der Waals surface area contributed by atoms with Gasteiger partial charge in [0, 0.05) is 6.54 Å². The third-order valence-corrected chi connectivity index (χ3v) is 2.97. The summed E-state index contributed by atoms with van der Waals surface area (Å²) in [6.45, 7) is 2.92. The number of hydrogen-bond acceptors (Lipinski definition) is 2. The van der Waals surface area contributed by atoms with Crippen LogP contribution in [0.25, 0.3) is 10.2 Å². The summed E-state index contributed by atoms with van der Waals surface area (Å²) in [5.41, 5.74) is 7.48. The summed E-state index contributed by atoms with van der Waals surface area (Å²) in [6.07, 6.45) is 0. The second kappa shape index (κ2) is 2.88. The molecule has 68 valence electrons. The fraction of sp³-hybridized carbons (Fsp3) is 0.222. The van der Waals surface area contributed by atoms with E-state index in [1.165, 1.54) is 10.2 Å². The second-order valence-electron chi connectivity index (χ2n) is 2.86. The molecule has 0 spiro atoms. The highest BCUT2D eigenvalue weighted by atomic mass is 32.1. The summed E-state index contributed by atoms with van der Waals surface area (Å²) >= 11 is 1.68. The predicted molar refractivity (Wildman–Crippen MR) is 56.5 cm³/mol. The Morgan fingerprint density at radius 1 is 1.69 bits per heavy atom. The van der Waals surface area contributed by atoms with E-state index in [1.54, 1.807) is 11.3 Å². The van der Waals surface area contributed by atoms with Crippen LogP contribution < -0.4 is 5.73 Å². The van der Waals surface area contributed by atoms with Crippen molar-refractivity contribution in [2.75, 3.05) is 0 Å². The fourth-order valence-electron chi connectivity index (χ4n) is 1.54. The molecule has 0 saturated carbocycles. The van der Waals surface area contributed by atoms with Crippen molar-refractivity contribution in [3.63, 3.8) is 0 Å². The predicted octanol–water partition coefficient (Wildman–Crippen LogP) is 2.01. The van der Waals surface area contributed by atoms with Gasteiger partial charge in [-0.2, -0.15) is 0 Å².